The largest absolute Gasteiger partial charge is 0.457 e. The maximum Gasteiger partial charge on any atom is 0.283 e. The minimum absolute atomic E-state index is 0. The van der Waals surface area contributed by atoms with Crippen molar-refractivity contribution < 1.29 is 9.21 Å². The second kappa shape index (κ2) is 7.95. The number of thioether (sulfide) groups is 1. The van der Waals surface area contributed by atoms with Crippen LogP contribution in [0.1, 0.15) is 24.7 Å². The summed E-state index contributed by atoms with van der Waals surface area (Å²) in [6.45, 7) is 3.90. The van der Waals surface area contributed by atoms with Crippen LogP contribution in [-0.4, -0.2) is 27.0 Å². The molecule has 3 heterocycles. The summed E-state index contributed by atoms with van der Waals surface area (Å²) in [5.74, 6) is 0.616. The molecule has 0 bridgehead atoms. The highest BCUT2D eigenvalue weighted by Gasteiger charge is 2.35. The molecule has 2 aliphatic heterocycles. The normalized spacial score (nSPS) is 17.4. The van der Waals surface area contributed by atoms with Gasteiger partial charge in [0.2, 0.25) is 5.17 Å². The Bertz CT molecular complexity index is 1070. The van der Waals surface area contributed by atoms with Gasteiger partial charge in [-0.25, -0.2) is 0 Å². The van der Waals surface area contributed by atoms with E-state index in [0.29, 0.717) is 21.7 Å². The van der Waals surface area contributed by atoms with Gasteiger partial charge in [0.05, 0.1) is 5.57 Å². The summed E-state index contributed by atoms with van der Waals surface area (Å²) in [4.78, 5) is 16.4. The fourth-order valence-electron chi connectivity index (χ4n) is 2.65. The number of carbonyl (C=O) groups excluding carboxylic acids is 1. The number of nitrogens with one attached hydrogen (secondary N) is 1. The summed E-state index contributed by atoms with van der Waals surface area (Å²) >= 11 is 7.49. The number of fused-ring (bicyclic) bond motifs is 1. The van der Waals surface area contributed by atoms with Crippen molar-refractivity contribution in [3.8, 4) is 11.3 Å². The van der Waals surface area contributed by atoms with Gasteiger partial charge in [0.1, 0.15) is 16.6 Å². The zero-order chi connectivity index (χ0) is 19.1. The molecule has 0 radical (unpaired) electrons. The number of hydrogen-bond acceptors (Lipinski definition) is 5. The lowest BCUT2D eigenvalue weighted by Crippen LogP contribution is -2.35. The Labute approximate surface area is 177 Å². The zero-order valence-corrected chi connectivity index (χ0v) is 17.4. The number of halogens is 2. The van der Waals surface area contributed by atoms with E-state index in [1.165, 1.54) is 22.8 Å². The molecule has 1 amide bonds. The number of hydrazone groups is 1. The number of rotatable bonds is 3. The number of furan rings is 1. The molecule has 6 nitrogen and oxygen atoms in total. The molecule has 2 aliphatic rings. The fraction of sp³-hybridized carbons (Fsp3) is 0.158. The van der Waals surface area contributed by atoms with Crippen molar-refractivity contribution in [2.75, 3.05) is 0 Å². The first-order valence-electron chi connectivity index (χ1n) is 8.31. The molecule has 0 saturated carbocycles. The van der Waals surface area contributed by atoms with Gasteiger partial charge in [-0.2, -0.15) is 15.1 Å². The van der Waals surface area contributed by atoms with Crippen LogP contribution in [0.3, 0.4) is 0 Å². The number of hydrogen-bond donors (Lipinski definition) is 1. The summed E-state index contributed by atoms with van der Waals surface area (Å²) in [5, 5.41) is 15.9. The van der Waals surface area contributed by atoms with Crippen molar-refractivity contribution in [2.24, 2.45) is 10.1 Å². The molecular weight excluding hydrogens is 419 g/mol. The van der Waals surface area contributed by atoms with Gasteiger partial charge in [0.25, 0.3) is 5.91 Å². The molecule has 1 aromatic carbocycles. The number of benzene rings is 1. The molecule has 9 heteroatoms. The van der Waals surface area contributed by atoms with Gasteiger partial charge in [-0.05, 0) is 54.9 Å². The third-order valence-corrected chi connectivity index (χ3v) is 5.63. The molecular formula is C19H16Cl2N4O2S. The molecule has 2 aromatic rings. The number of aryl methyl sites for hydroxylation is 1. The van der Waals surface area contributed by atoms with E-state index in [4.69, 9.17) is 21.4 Å². The predicted molar refractivity (Wildman–Crippen MR) is 116 cm³/mol. The topological polar surface area (TPSA) is 82.0 Å². The summed E-state index contributed by atoms with van der Waals surface area (Å²) in [5.41, 5.74) is 1.97. The van der Waals surface area contributed by atoms with Gasteiger partial charge < -0.3 is 4.42 Å². The van der Waals surface area contributed by atoms with E-state index in [1.54, 1.807) is 12.1 Å². The molecule has 0 spiro atoms. The summed E-state index contributed by atoms with van der Waals surface area (Å²) < 4.78 is 5.83. The van der Waals surface area contributed by atoms with Crippen molar-refractivity contribution in [3.05, 3.63) is 52.3 Å². The van der Waals surface area contributed by atoms with Crippen LogP contribution in [0, 0.1) is 12.3 Å². The van der Waals surface area contributed by atoms with Crippen LogP contribution >= 0.6 is 35.8 Å². The Morgan fingerprint density at radius 1 is 1.32 bits per heavy atom. The molecule has 0 fully saturated rings. The van der Waals surface area contributed by atoms with Crippen molar-refractivity contribution >= 4 is 63.8 Å². The minimum Gasteiger partial charge on any atom is -0.457 e. The molecule has 28 heavy (non-hydrogen) atoms. The molecule has 0 atom stereocenters. The highest BCUT2D eigenvalue weighted by molar-refractivity contribution is 8.26. The van der Waals surface area contributed by atoms with E-state index in [0.717, 1.165) is 22.6 Å². The van der Waals surface area contributed by atoms with Crippen molar-refractivity contribution in [1.29, 1.82) is 5.41 Å². The molecule has 1 aromatic heterocycles. The molecule has 0 saturated heterocycles. The average molecular weight is 435 g/mol. The first-order valence-corrected chi connectivity index (χ1v) is 9.51. The SMILES string of the molecule is CCC1=NN2C(=N)/C(=C/c3ccc(-c4ccc(C)c(Cl)c4)o3)C(=O)N=C2S1.Cl. The van der Waals surface area contributed by atoms with E-state index in [1.807, 2.05) is 32.0 Å². The summed E-state index contributed by atoms with van der Waals surface area (Å²) in [7, 11) is 0. The lowest BCUT2D eigenvalue weighted by atomic mass is 10.1. The summed E-state index contributed by atoms with van der Waals surface area (Å²) in [6.07, 6.45) is 2.25. The Morgan fingerprint density at radius 2 is 2.11 bits per heavy atom. The molecule has 4 rings (SSSR count). The van der Waals surface area contributed by atoms with Crippen LogP contribution in [-0.2, 0) is 4.79 Å². The van der Waals surface area contributed by atoms with E-state index in [-0.39, 0.29) is 23.8 Å². The number of nitrogens with zero attached hydrogens (tertiary/aromatic N) is 3. The van der Waals surface area contributed by atoms with Crippen LogP contribution < -0.4 is 0 Å². The minimum atomic E-state index is -0.470. The Hall–Kier alpha value is -2.35. The standard InChI is InChI=1S/C19H15ClN4O2S.ClH/c1-3-16-23-24-17(21)13(18(25)22-19(24)27-16)9-12-6-7-15(26-12)11-5-4-10(2)14(20)8-11;/h4-9,21H,3H2,1-2H3;1H/b13-9-,21-17?;. The van der Waals surface area contributed by atoms with Crippen molar-refractivity contribution in [3.63, 3.8) is 0 Å². The van der Waals surface area contributed by atoms with Gasteiger partial charge in [-0.15, -0.1) is 12.4 Å². The van der Waals surface area contributed by atoms with Crippen LogP contribution in [0.2, 0.25) is 5.02 Å². The van der Waals surface area contributed by atoms with Crippen molar-refractivity contribution in [1.82, 2.24) is 5.01 Å². The van der Waals surface area contributed by atoms with Gasteiger partial charge in [0, 0.05) is 10.6 Å². The monoisotopic (exact) mass is 434 g/mol. The molecule has 1 N–H and O–H groups in total. The molecule has 0 unspecified atom stereocenters. The van der Waals surface area contributed by atoms with E-state index in [9.17, 15) is 4.79 Å². The van der Waals surface area contributed by atoms with Crippen LogP contribution in [0.15, 0.2) is 50.4 Å². The Kier molecular flexibility index (Phi) is 5.79. The third-order valence-electron chi connectivity index (χ3n) is 4.17. The maximum absolute atomic E-state index is 12.4. The van der Waals surface area contributed by atoms with E-state index < -0.39 is 5.91 Å². The first kappa shape index (κ1) is 20.4. The maximum atomic E-state index is 12.4. The average Bonchev–Trinajstić information content (AvgIpc) is 3.28. The summed E-state index contributed by atoms with van der Waals surface area (Å²) in [6, 6.07) is 9.22. The highest BCUT2D eigenvalue weighted by atomic mass is 35.5. The second-order valence-corrected chi connectivity index (χ2v) is 7.48. The third kappa shape index (κ3) is 3.65. The number of aliphatic imine (C=N–C) groups is 1. The number of carbonyl (C=O) groups is 1. The zero-order valence-electron chi connectivity index (χ0n) is 15.0. The van der Waals surface area contributed by atoms with Gasteiger partial charge in [-0.1, -0.05) is 30.7 Å². The molecule has 0 aliphatic carbocycles. The lowest BCUT2D eigenvalue weighted by Gasteiger charge is -2.19. The van der Waals surface area contributed by atoms with Gasteiger partial charge in [-0.3, -0.25) is 10.2 Å². The smallest absolute Gasteiger partial charge is 0.283 e. The highest BCUT2D eigenvalue weighted by Crippen LogP contribution is 2.31. The van der Waals surface area contributed by atoms with E-state index >= 15 is 0 Å². The Balaban J connectivity index is 0.00000225. The van der Waals surface area contributed by atoms with Crippen LogP contribution in [0.4, 0.5) is 0 Å². The van der Waals surface area contributed by atoms with Crippen molar-refractivity contribution in [2.45, 2.75) is 20.3 Å². The predicted octanol–water partition coefficient (Wildman–Crippen LogP) is 5.36. The number of amidine groups is 2. The second-order valence-electron chi connectivity index (χ2n) is 6.03. The van der Waals surface area contributed by atoms with Gasteiger partial charge in [0.15, 0.2) is 5.84 Å². The lowest BCUT2D eigenvalue weighted by molar-refractivity contribution is -0.114. The first-order chi connectivity index (χ1) is 13.0. The fourth-order valence-corrected chi connectivity index (χ4v) is 3.65. The van der Waals surface area contributed by atoms with E-state index in [2.05, 4.69) is 10.1 Å². The molecule has 144 valence electrons. The number of amides is 1. The van der Waals surface area contributed by atoms with Crippen LogP contribution in [0.25, 0.3) is 17.4 Å². The Morgan fingerprint density at radius 3 is 2.82 bits per heavy atom. The quantitative estimate of drug-likeness (QED) is 0.658. The van der Waals surface area contributed by atoms with Gasteiger partial charge >= 0.3 is 0 Å². The van der Waals surface area contributed by atoms with Crippen LogP contribution in [0.5, 0.6) is 0 Å².